The molecule has 8 heteroatoms. The van der Waals surface area contributed by atoms with Crippen molar-refractivity contribution in [1.82, 2.24) is 4.90 Å². The molecule has 23 heavy (non-hydrogen) atoms. The van der Waals surface area contributed by atoms with Crippen LogP contribution in [0.2, 0.25) is 0 Å². The van der Waals surface area contributed by atoms with Crippen LogP contribution in [0, 0.1) is 0 Å². The Balaban J connectivity index is 2.00. The molecule has 1 aromatic carbocycles. The minimum Gasteiger partial charge on any atom is -0.406 e. The maximum absolute atomic E-state index is 12.3. The highest BCUT2D eigenvalue weighted by Gasteiger charge is 2.38. The molecule has 1 atom stereocenters. The van der Waals surface area contributed by atoms with Crippen molar-refractivity contribution in [1.29, 1.82) is 0 Å². The van der Waals surface area contributed by atoms with Gasteiger partial charge in [-0.1, -0.05) is 0 Å². The molecule has 1 aromatic rings. The largest absolute Gasteiger partial charge is 0.573 e. The summed E-state index contributed by atoms with van der Waals surface area (Å²) >= 11 is 0. The second-order valence-corrected chi connectivity index (χ2v) is 6.01. The number of hydrogen-bond donors (Lipinski definition) is 2. The molecule has 0 saturated carbocycles. The lowest BCUT2D eigenvalue weighted by Crippen LogP contribution is -2.49. The molecule has 5 nitrogen and oxygen atoms in total. The third-order valence-corrected chi connectivity index (χ3v) is 3.67. The van der Waals surface area contributed by atoms with Crippen molar-refractivity contribution in [2.24, 2.45) is 0 Å². The fourth-order valence-electron chi connectivity index (χ4n) is 2.68. The van der Waals surface area contributed by atoms with E-state index in [-0.39, 0.29) is 17.8 Å². The number of rotatable bonds is 3. The van der Waals surface area contributed by atoms with E-state index in [1.165, 1.54) is 12.1 Å². The van der Waals surface area contributed by atoms with Gasteiger partial charge >= 0.3 is 12.4 Å². The normalized spacial score (nSPS) is 18.9. The second-order valence-electron chi connectivity index (χ2n) is 6.01. The molecular weight excluding hydrogens is 313 g/mol. The number of ether oxygens (including phenoxy) is 1. The number of amides is 2. The fourth-order valence-corrected chi connectivity index (χ4v) is 2.68. The van der Waals surface area contributed by atoms with Crippen LogP contribution < -0.4 is 10.1 Å². The predicted octanol–water partition coefficient (Wildman–Crippen LogP) is 3.35. The number of urea groups is 1. The first kappa shape index (κ1) is 17.4. The van der Waals surface area contributed by atoms with Gasteiger partial charge in [0.1, 0.15) is 5.75 Å². The molecule has 1 heterocycles. The van der Waals surface area contributed by atoms with Gasteiger partial charge in [0, 0.05) is 12.2 Å². The van der Waals surface area contributed by atoms with Crippen LogP contribution in [0.5, 0.6) is 5.75 Å². The Labute approximate surface area is 132 Å². The topological polar surface area (TPSA) is 61.8 Å². The summed E-state index contributed by atoms with van der Waals surface area (Å²) in [5.41, 5.74) is -0.663. The van der Waals surface area contributed by atoms with Crippen molar-refractivity contribution in [3.63, 3.8) is 0 Å². The van der Waals surface area contributed by atoms with Crippen molar-refractivity contribution >= 4 is 11.7 Å². The lowest BCUT2D eigenvalue weighted by molar-refractivity contribution is -0.274. The van der Waals surface area contributed by atoms with Crippen LogP contribution in [0.25, 0.3) is 0 Å². The number of benzene rings is 1. The molecule has 1 unspecified atom stereocenters. The highest BCUT2D eigenvalue weighted by atomic mass is 19.4. The quantitative estimate of drug-likeness (QED) is 0.892. The summed E-state index contributed by atoms with van der Waals surface area (Å²) in [4.78, 5) is 13.8. The molecule has 128 valence electrons. The Morgan fingerprint density at radius 3 is 2.43 bits per heavy atom. The predicted molar refractivity (Wildman–Crippen MR) is 78.2 cm³/mol. The van der Waals surface area contributed by atoms with Crippen LogP contribution in [0.15, 0.2) is 24.3 Å². The number of anilines is 1. The molecule has 0 aromatic heterocycles. The molecule has 0 aliphatic carbocycles. The molecule has 0 radical (unpaired) electrons. The number of hydrogen-bond acceptors (Lipinski definition) is 3. The Bertz CT molecular complexity index is 553. The number of alkyl halides is 3. The zero-order chi connectivity index (χ0) is 17.3. The van der Waals surface area contributed by atoms with Gasteiger partial charge in [-0.2, -0.15) is 0 Å². The monoisotopic (exact) mass is 332 g/mol. The average molecular weight is 332 g/mol. The highest BCUT2D eigenvalue weighted by molar-refractivity contribution is 5.89. The summed E-state index contributed by atoms with van der Waals surface area (Å²) < 4.78 is 40.0. The number of carbonyl (C=O) groups excluding carboxylic acids is 1. The van der Waals surface area contributed by atoms with Gasteiger partial charge in [-0.15, -0.1) is 13.2 Å². The maximum atomic E-state index is 12.3. The summed E-state index contributed by atoms with van der Waals surface area (Å²) in [6.07, 6.45) is -3.25. The van der Waals surface area contributed by atoms with Crippen molar-refractivity contribution in [3.8, 4) is 5.75 Å². The molecule has 2 rings (SSSR count). The maximum Gasteiger partial charge on any atom is 0.573 e. The smallest absolute Gasteiger partial charge is 0.406 e. The van der Waals surface area contributed by atoms with Crippen molar-refractivity contribution in [2.75, 3.05) is 11.9 Å². The number of carbonyl (C=O) groups is 1. The highest BCUT2D eigenvalue weighted by Crippen LogP contribution is 2.28. The Morgan fingerprint density at radius 2 is 1.91 bits per heavy atom. The Kier molecular flexibility index (Phi) is 4.74. The zero-order valence-corrected chi connectivity index (χ0v) is 12.9. The first-order valence-electron chi connectivity index (χ1n) is 7.22. The SMILES string of the molecule is CC(C)(O)C1CCCN1C(=O)Nc1ccc(OC(F)(F)F)cc1. The number of nitrogens with one attached hydrogen (secondary N) is 1. The van der Waals surface area contributed by atoms with E-state index >= 15 is 0 Å². The van der Waals surface area contributed by atoms with Gasteiger partial charge in [0.05, 0.1) is 11.6 Å². The van der Waals surface area contributed by atoms with Crippen molar-refractivity contribution < 1.29 is 27.8 Å². The lowest BCUT2D eigenvalue weighted by Gasteiger charge is -2.33. The van der Waals surface area contributed by atoms with Crippen LogP contribution in [-0.4, -0.2) is 40.6 Å². The fraction of sp³-hybridized carbons (Fsp3) is 0.533. The van der Waals surface area contributed by atoms with Gasteiger partial charge in [-0.05, 0) is 51.0 Å². The summed E-state index contributed by atoms with van der Waals surface area (Å²) in [5.74, 6) is -0.356. The van der Waals surface area contributed by atoms with Crippen LogP contribution in [-0.2, 0) is 0 Å². The van der Waals surface area contributed by atoms with Gasteiger partial charge < -0.3 is 20.1 Å². The van der Waals surface area contributed by atoms with Gasteiger partial charge in [0.25, 0.3) is 0 Å². The van der Waals surface area contributed by atoms with E-state index in [1.54, 1.807) is 18.7 Å². The van der Waals surface area contributed by atoms with Gasteiger partial charge in [0.15, 0.2) is 0 Å². The number of aliphatic hydroxyl groups is 1. The molecule has 1 aliphatic rings. The minimum atomic E-state index is -4.75. The average Bonchev–Trinajstić information content (AvgIpc) is 2.88. The molecule has 0 bridgehead atoms. The minimum absolute atomic E-state index is 0.296. The standard InChI is InChI=1S/C15H19F3N2O3/c1-14(2,22)12-4-3-9-20(12)13(21)19-10-5-7-11(8-6-10)23-15(16,17)18/h5-8,12,22H,3-4,9H2,1-2H3,(H,19,21). The van der Waals surface area contributed by atoms with E-state index in [4.69, 9.17) is 0 Å². The molecule has 1 aliphatic heterocycles. The van der Waals surface area contributed by atoms with Gasteiger partial charge in [0.2, 0.25) is 0 Å². The Morgan fingerprint density at radius 1 is 1.30 bits per heavy atom. The van der Waals surface area contributed by atoms with Crippen LogP contribution in [0.3, 0.4) is 0 Å². The lowest BCUT2D eigenvalue weighted by atomic mass is 9.97. The van der Waals surface area contributed by atoms with Crippen LogP contribution in [0.1, 0.15) is 26.7 Å². The second kappa shape index (κ2) is 6.27. The van der Waals surface area contributed by atoms with Gasteiger partial charge in [-0.3, -0.25) is 0 Å². The van der Waals surface area contributed by atoms with Crippen LogP contribution in [0.4, 0.5) is 23.7 Å². The van der Waals surface area contributed by atoms with E-state index in [1.807, 2.05) is 0 Å². The number of halogens is 3. The summed E-state index contributed by atoms with van der Waals surface area (Å²) in [5, 5.41) is 12.7. The van der Waals surface area contributed by atoms with E-state index in [2.05, 4.69) is 10.1 Å². The number of nitrogens with zero attached hydrogens (tertiary/aromatic N) is 1. The third kappa shape index (κ3) is 4.75. The zero-order valence-electron chi connectivity index (χ0n) is 12.9. The third-order valence-electron chi connectivity index (χ3n) is 3.67. The molecule has 0 spiro atoms. The van der Waals surface area contributed by atoms with Crippen molar-refractivity contribution in [3.05, 3.63) is 24.3 Å². The summed E-state index contributed by atoms with van der Waals surface area (Å²) in [6, 6.07) is 4.22. The molecule has 2 N–H and O–H groups in total. The molecule has 1 fully saturated rings. The molecule has 1 saturated heterocycles. The first-order chi connectivity index (χ1) is 10.6. The van der Waals surface area contributed by atoms with Crippen LogP contribution >= 0.6 is 0 Å². The molecule has 2 amide bonds. The van der Waals surface area contributed by atoms with E-state index < -0.39 is 12.0 Å². The number of likely N-dealkylation sites (tertiary alicyclic amines) is 1. The van der Waals surface area contributed by atoms with E-state index in [9.17, 15) is 23.1 Å². The van der Waals surface area contributed by atoms with E-state index in [0.29, 0.717) is 18.7 Å². The summed E-state index contributed by atoms with van der Waals surface area (Å²) in [7, 11) is 0. The van der Waals surface area contributed by atoms with E-state index in [0.717, 1.165) is 18.6 Å². The van der Waals surface area contributed by atoms with Gasteiger partial charge in [-0.25, -0.2) is 4.79 Å². The summed E-state index contributed by atoms with van der Waals surface area (Å²) in [6.45, 7) is 3.81. The first-order valence-corrected chi connectivity index (χ1v) is 7.22. The van der Waals surface area contributed by atoms with Crippen molar-refractivity contribution in [2.45, 2.75) is 44.7 Å². The molecular formula is C15H19F3N2O3. The Hall–Kier alpha value is -1.96.